The van der Waals surface area contributed by atoms with Crippen LogP contribution in [0.4, 0.5) is 0 Å². The van der Waals surface area contributed by atoms with Gasteiger partial charge in [0.1, 0.15) is 0 Å². The van der Waals surface area contributed by atoms with E-state index in [1.54, 1.807) is 0 Å². The summed E-state index contributed by atoms with van der Waals surface area (Å²) in [6.45, 7) is 6.99. The van der Waals surface area contributed by atoms with Crippen LogP contribution in [0.3, 0.4) is 0 Å². The fraction of sp³-hybridized carbons (Fsp3) is 0.571. The van der Waals surface area contributed by atoms with Gasteiger partial charge in [-0.05, 0) is 55.0 Å². The van der Waals surface area contributed by atoms with Crippen molar-refractivity contribution in [3.05, 3.63) is 34.9 Å². The van der Waals surface area contributed by atoms with Gasteiger partial charge in [-0.3, -0.25) is 0 Å². The molecule has 1 heterocycles. The summed E-state index contributed by atoms with van der Waals surface area (Å²) in [4.78, 5) is 0. The van der Waals surface area contributed by atoms with E-state index in [0.29, 0.717) is 0 Å². The van der Waals surface area contributed by atoms with Gasteiger partial charge in [-0.1, -0.05) is 37.6 Å². The van der Waals surface area contributed by atoms with E-state index in [1.165, 1.54) is 24.9 Å². The smallest absolute Gasteiger partial charge is 0.0406 e. The Hall–Kier alpha value is -0.530. The van der Waals surface area contributed by atoms with Gasteiger partial charge in [-0.2, -0.15) is 0 Å². The molecule has 2 heteroatoms. The van der Waals surface area contributed by atoms with Crippen LogP contribution in [0, 0.1) is 5.92 Å². The van der Waals surface area contributed by atoms with E-state index in [9.17, 15) is 0 Å². The highest BCUT2D eigenvalue weighted by atomic mass is 35.5. The van der Waals surface area contributed by atoms with Gasteiger partial charge in [-0.25, -0.2) is 0 Å². The summed E-state index contributed by atoms with van der Waals surface area (Å²) in [7, 11) is 0. The van der Waals surface area contributed by atoms with E-state index in [0.717, 1.165) is 17.5 Å². The second-order valence-electron chi connectivity index (χ2n) is 5.27. The maximum atomic E-state index is 5.94. The SMILES string of the molecule is CC(C)(c1ccc(Cl)cc1)C1CCCNC1. The highest BCUT2D eigenvalue weighted by molar-refractivity contribution is 6.30. The molecule has 0 spiro atoms. The number of hydrogen-bond donors (Lipinski definition) is 1. The molecule has 1 N–H and O–H groups in total. The van der Waals surface area contributed by atoms with E-state index in [1.807, 2.05) is 12.1 Å². The maximum Gasteiger partial charge on any atom is 0.0406 e. The van der Waals surface area contributed by atoms with E-state index in [2.05, 4.69) is 31.3 Å². The van der Waals surface area contributed by atoms with Crippen LogP contribution < -0.4 is 5.32 Å². The molecular formula is C14H20ClN. The average Bonchev–Trinajstić information content (AvgIpc) is 2.31. The maximum absolute atomic E-state index is 5.94. The lowest BCUT2D eigenvalue weighted by Gasteiger charge is -2.37. The van der Waals surface area contributed by atoms with Crippen molar-refractivity contribution in [2.24, 2.45) is 5.92 Å². The van der Waals surface area contributed by atoms with Gasteiger partial charge in [0.2, 0.25) is 0 Å². The van der Waals surface area contributed by atoms with Crippen LogP contribution in [0.2, 0.25) is 5.02 Å². The average molecular weight is 238 g/mol. The normalized spacial score (nSPS) is 22.1. The quantitative estimate of drug-likeness (QED) is 0.829. The minimum atomic E-state index is 0.234. The number of nitrogens with one attached hydrogen (secondary N) is 1. The summed E-state index contributed by atoms with van der Waals surface area (Å²) in [5.74, 6) is 0.724. The van der Waals surface area contributed by atoms with Crippen molar-refractivity contribution in [3.63, 3.8) is 0 Å². The van der Waals surface area contributed by atoms with Gasteiger partial charge in [0.15, 0.2) is 0 Å². The van der Waals surface area contributed by atoms with Crippen LogP contribution >= 0.6 is 11.6 Å². The minimum absolute atomic E-state index is 0.234. The first-order valence-corrected chi connectivity index (χ1v) is 6.45. The number of piperidine rings is 1. The van der Waals surface area contributed by atoms with Crippen molar-refractivity contribution in [2.75, 3.05) is 13.1 Å². The predicted octanol–water partition coefficient (Wildman–Crippen LogP) is 3.62. The molecule has 16 heavy (non-hydrogen) atoms. The molecule has 0 amide bonds. The van der Waals surface area contributed by atoms with E-state index < -0.39 is 0 Å². The third-order valence-corrected chi connectivity index (χ3v) is 4.16. The molecule has 1 fully saturated rings. The number of halogens is 1. The number of hydrogen-bond acceptors (Lipinski definition) is 1. The van der Waals surface area contributed by atoms with Crippen LogP contribution in [0.25, 0.3) is 0 Å². The van der Waals surface area contributed by atoms with Gasteiger partial charge in [-0.15, -0.1) is 0 Å². The fourth-order valence-corrected chi connectivity index (χ4v) is 2.71. The van der Waals surface area contributed by atoms with Crippen molar-refractivity contribution in [3.8, 4) is 0 Å². The highest BCUT2D eigenvalue weighted by Crippen LogP contribution is 2.35. The molecule has 1 aromatic rings. The summed E-state index contributed by atoms with van der Waals surface area (Å²) in [5, 5.41) is 4.32. The van der Waals surface area contributed by atoms with Crippen molar-refractivity contribution >= 4 is 11.6 Å². The predicted molar refractivity (Wildman–Crippen MR) is 70.1 cm³/mol. The Balaban J connectivity index is 2.19. The summed E-state index contributed by atoms with van der Waals surface area (Å²) in [5.41, 5.74) is 1.63. The van der Waals surface area contributed by atoms with Crippen molar-refractivity contribution in [1.82, 2.24) is 5.32 Å². The zero-order valence-corrected chi connectivity index (χ0v) is 10.8. The fourth-order valence-electron chi connectivity index (χ4n) is 2.58. The van der Waals surface area contributed by atoms with Crippen LogP contribution in [-0.2, 0) is 5.41 Å². The molecule has 1 nitrogen and oxygen atoms in total. The Labute approximate surface area is 103 Å². The lowest BCUT2D eigenvalue weighted by molar-refractivity contribution is 0.252. The monoisotopic (exact) mass is 237 g/mol. The number of benzene rings is 1. The first-order chi connectivity index (χ1) is 7.60. The third-order valence-electron chi connectivity index (χ3n) is 3.91. The lowest BCUT2D eigenvalue weighted by atomic mass is 9.70. The van der Waals surface area contributed by atoms with Gasteiger partial charge >= 0.3 is 0 Å². The van der Waals surface area contributed by atoms with Crippen molar-refractivity contribution < 1.29 is 0 Å². The van der Waals surface area contributed by atoms with Crippen LogP contribution in [-0.4, -0.2) is 13.1 Å². The van der Waals surface area contributed by atoms with Crippen LogP contribution in [0.15, 0.2) is 24.3 Å². The third kappa shape index (κ3) is 2.41. The molecular weight excluding hydrogens is 218 g/mol. The Morgan fingerprint density at radius 2 is 1.94 bits per heavy atom. The molecule has 0 aliphatic carbocycles. The lowest BCUT2D eigenvalue weighted by Crippen LogP contribution is -2.40. The second kappa shape index (κ2) is 4.77. The van der Waals surface area contributed by atoms with E-state index in [4.69, 9.17) is 11.6 Å². The van der Waals surface area contributed by atoms with Crippen molar-refractivity contribution in [1.29, 1.82) is 0 Å². The first kappa shape index (κ1) is 11.9. The summed E-state index contributed by atoms with van der Waals surface area (Å²) in [6, 6.07) is 8.32. The molecule has 1 atom stereocenters. The summed E-state index contributed by atoms with van der Waals surface area (Å²) < 4.78 is 0. The Morgan fingerprint density at radius 1 is 1.25 bits per heavy atom. The van der Waals surface area contributed by atoms with E-state index in [-0.39, 0.29) is 5.41 Å². The van der Waals surface area contributed by atoms with Gasteiger partial charge in [0, 0.05) is 5.02 Å². The first-order valence-electron chi connectivity index (χ1n) is 6.07. The summed E-state index contributed by atoms with van der Waals surface area (Å²) >= 11 is 5.94. The highest BCUT2D eigenvalue weighted by Gasteiger charge is 2.31. The Kier molecular flexibility index (Phi) is 3.56. The van der Waals surface area contributed by atoms with Gasteiger partial charge < -0.3 is 5.32 Å². The van der Waals surface area contributed by atoms with Crippen molar-refractivity contribution in [2.45, 2.75) is 32.1 Å². The summed E-state index contributed by atoms with van der Waals surface area (Å²) in [6.07, 6.45) is 2.62. The standard InChI is InChI=1S/C14H20ClN/c1-14(2,12-4-3-9-16-10-12)11-5-7-13(15)8-6-11/h5-8,12,16H,3-4,9-10H2,1-2H3. The zero-order valence-electron chi connectivity index (χ0n) is 10.1. The molecule has 0 aromatic heterocycles. The largest absolute Gasteiger partial charge is 0.316 e. The molecule has 1 saturated heterocycles. The Morgan fingerprint density at radius 3 is 2.50 bits per heavy atom. The van der Waals surface area contributed by atoms with Crippen LogP contribution in [0.5, 0.6) is 0 Å². The van der Waals surface area contributed by atoms with Gasteiger partial charge in [0.05, 0.1) is 0 Å². The molecule has 1 aromatic carbocycles. The molecule has 0 radical (unpaired) electrons. The topological polar surface area (TPSA) is 12.0 Å². The van der Waals surface area contributed by atoms with Crippen LogP contribution in [0.1, 0.15) is 32.3 Å². The molecule has 1 aliphatic heterocycles. The van der Waals surface area contributed by atoms with Gasteiger partial charge in [0.25, 0.3) is 0 Å². The zero-order chi connectivity index (χ0) is 11.6. The second-order valence-corrected chi connectivity index (χ2v) is 5.71. The molecule has 1 aliphatic rings. The molecule has 1 unspecified atom stereocenters. The molecule has 88 valence electrons. The molecule has 2 rings (SSSR count). The molecule has 0 bridgehead atoms. The minimum Gasteiger partial charge on any atom is -0.316 e. The van der Waals surface area contributed by atoms with E-state index >= 15 is 0 Å². The molecule has 0 saturated carbocycles. The Bertz CT molecular complexity index is 336. The number of rotatable bonds is 2.